The highest BCUT2D eigenvalue weighted by Crippen LogP contribution is 2.49. The van der Waals surface area contributed by atoms with Crippen LogP contribution >= 0.6 is 0 Å². The van der Waals surface area contributed by atoms with E-state index in [4.69, 9.17) is 9.15 Å². The molecule has 2 aliphatic carbocycles. The van der Waals surface area contributed by atoms with Gasteiger partial charge in [-0.15, -0.1) is 0 Å². The number of benzene rings is 1. The lowest BCUT2D eigenvalue weighted by atomic mass is 9.86. The Hall–Kier alpha value is -2.30. The fourth-order valence-corrected chi connectivity index (χ4v) is 4.77. The van der Waals surface area contributed by atoms with E-state index in [2.05, 4.69) is 0 Å². The normalized spacial score (nSPS) is 24.3. The van der Waals surface area contributed by atoms with Crippen LogP contribution in [0.3, 0.4) is 0 Å². The molecule has 2 aliphatic rings. The lowest BCUT2D eigenvalue weighted by Gasteiger charge is -2.20. The molecule has 0 amide bonds. The van der Waals surface area contributed by atoms with Gasteiger partial charge in [0.1, 0.15) is 17.9 Å². The average Bonchev–Trinajstić information content (AvgIpc) is 3.22. The second kappa shape index (κ2) is 6.78. The van der Waals surface area contributed by atoms with Crippen molar-refractivity contribution in [2.45, 2.75) is 52.1 Å². The number of phenolic OH excluding ortho intramolecular Hbond substituents is 1. The Morgan fingerprint density at radius 3 is 2.77 bits per heavy atom. The molecule has 0 unspecified atom stereocenters. The summed E-state index contributed by atoms with van der Waals surface area (Å²) in [5, 5.41) is 10.7. The van der Waals surface area contributed by atoms with Crippen molar-refractivity contribution in [2.75, 3.05) is 0 Å². The highest BCUT2D eigenvalue weighted by atomic mass is 16.5. The molecule has 1 aromatic heterocycles. The van der Waals surface area contributed by atoms with E-state index in [1.54, 1.807) is 6.07 Å². The SMILES string of the molecule is CCc1cc2c(COC(=O)C[C@H]3C[C@H]4CC[C@H]3C4)cc(=O)oc2cc1O. The Labute approximate surface area is 152 Å². The van der Waals surface area contributed by atoms with Gasteiger partial charge in [0.15, 0.2) is 0 Å². The van der Waals surface area contributed by atoms with Gasteiger partial charge in [-0.3, -0.25) is 4.79 Å². The Morgan fingerprint density at radius 1 is 1.23 bits per heavy atom. The minimum atomic E-state index is -0.514. The molecule has 3 atom stereocenters. The number of hydrogen-bond acceptors (Lipinski definition) is 5. The summed E-state index contributed by atoms with van der Waals surface area (Å²) in [6.07, 6.45) is 6.11. The van der Waals surface area contributed by atoms with Crippen molar-refractivity contribution in [1.29, 1.82) is 0 Å². The summed E-state index contributed by atoms with van der Waals surface area (Å²) < 4.78 is 10.7. The third-order valence-corrected chi connectivity index (χ3v) is 6.11. The molecular formula is C21H24O5. The minimum absolute atomic E-state index is 0.0513. The zero-order valence-electron chi connectivity index (χ0n) is 15.0. The maximum absolute atomic E-state index is 12.3. The zero-order valence-corrected chi connectivity index (χ0v) is 15.0. The lowest BCUT2D eigenvalue weighted by Crippen LogP contribution is -2.17. The molecule has 1 heterocycles. The van der Waals surface area contributed by atoms with E-state index >= 15 is 0 Å². The van der Waals surface area contributed by atoms with E-state index in [1.165, 1.54) is 31.4 Å². The zero-order chi connectivity index (χ0) is 18.3. The van der Waals surface area contributed by atoms with E-state index in [0.717, 1.165) is 17.9 Å². The smallest absolute Gasteiger partial charge is 0.336 e. The first kappa shape index (κ1) is 17.1. The number of hydrogen-bond donors (Lipinski definition) is 1. The van der Waals surface area contributed by atoms with Crippen molar-refractivity contribution in [3.05, 3.63) is 39.7 Å². The van der Waals surface area contributed by atoms with E-state index in [9.17, 15) is 14.7 Å². The van der Waals surface area contributed by atoms with Gasteiger partial charge in [-0.25, -0.2) is 4.79 Å². The van der Waals surface area contributed by atoms with Crippen LogP contribution in [0, 0.1) is 17.8 Å². The van der Waals surface area contributed by atoms with Crippen molar-refractivity contribution < 1.29 is 19.1 Å². The Morgan fingerprint density at radius 2 is 2.08 bits per heavy atom. The first-order chi connectivity index (χ1) is 12.5. The molecule has 138 valence electrons. The third kappa shape index (κ3) is 3.22. The van der Waals surface area contributed by atoms with E-state index in [0.29, 0.717) is 41.2 Å². The second-order valence-electron chi connectivity index (χ2n) is 7.72. The molecule has 1 aromatic carbocycles. The predicted octanol–water partition coefficient (Wildman–Crippen LogP) is 3.93. The maximum Gasteiger partial charge on any atom is 0.336 e. The van der Waals surface area contributed by atoms with Gasteiger partial charge in [0.05, 0.1) is 0 Å². The number of ether oxygens (including phenoxy) is 1. The second-order valence-corrected chi connectivity index (χ2v) is 7.72. The summed E-state index contributed by atoms with van der Waals surface area (Å²) in [5.74, 6) is 1.86. The Balaban J connectivity index is 1.49. The fourth-order valence-electron chi connectivity index (χ4n) is 4.77. The molecule has 2 fully saturated rings. The van der Waals surface area contributed by atoms with Gasteiger partial charge >= 0.3 is 11.6 Å². The lowest BCUT2D eigenvalue weighted by molar-refractivity contribution is -0.146. The van der Waals surface area contributed by atoms with Crippen LogP contribution < -0.4 is 5.63 Å². The molecule has 0 aliphatic heterocycles. The van der Waals surface area contributed by atoms with Gasteiger partial charge in [-0.1, -0.05) is 13.3 Å². The van der Waals surface area contributed by atoms with E-state index < -0.39 is 5.63 Å². The molecule has 5 nitrogen and oxygen atoms in total. The summed E-state index contributed by atoms with van der Waals surface area (Å²) in [7, 11) is 0. The number of rotatable bonds is 5. The summed E-state index contributed by atoms with van der Waals surface area (Å²) in [6, 6.07) is 4.62. The van der Waals surface area contributed by atoms with Crippen molar-refractivity contribution in [1.82, 2.24) is 0 Å². The van der Waals surface area contributed by atoms with Crippen LogP contribution in [0.4, 0.5) is 0 Å². The minimum Gasteiger partial charge on any atom is -0.508 e. The topological polar surface area (TPSA) is 76.7 Å². The Kier molecular flexibility index (Phi) is 4.47. The molecule has 0 radical (unpaired) electrons. The molecule has 4 rings (SSSR count). The molecule has 2 bridgehead atoms. The molecule has 26 heavy (non-hydrogen) atoms. The molecule has 2 aromatic rings. The largest absolute Gasteiger partial charge is 0.508 e. The number of fused-ring (bicyclic) bond motifs is 3. The molecule has 2 saturated carbocycles. The van der Waals surface area contributed by atoms with Gasteiger partial charge in [0, 0.05) is 29.5 Å². The van der Waals surface area contributed by atoms with Crippen LogP contribution in [0.2, 0.25) is 0 Å². The van der Waals surface area contributed by atoms with Gasteiger partial charge in [-0.05, 0) is 55.1 Å². The highest BCUT2D eigenvalue weighted by molar-refractivity contribution is 5.83. The van der Waals surface area contributed by atoms with E-state index in [1.807, 2.05) is 6.92 Å². The van der Waals surface area contributed by atoms with Crippen LogP contribution in [0.15, 0.2) is 27.4 Å². The van der Waals surface area contributed by atoms with Crippen LogP contribution in [-0.2, 0) is 22.6 Å². The molecule has 5 heteroatoms. The summed E-state index contributed by atoms with van der Waals surface area (Å²) in [5.41, 5.74) is 1.18. The summed E-state index contributed by atoms with van der Waals surface area (Å²) in [4.78, 5) is 24.1. The predicted molar refractivity (Wildman–Crippen MR) is 96.9 cm³/mol. The monoisotopic (exact) mass is 356 g/mol. The number of carbonyl (C=O) groups is 1. The number of esters is 1. The first-order valence-electron chi connectivity index (χ1n) is 9.47. The summed E-state index contributed by atoms with van der Waals surface area (Å²) >= 11 is 0. The number of phenols is 1. The molecule has 1 N–H and O–H groups in total. The van der Waals surface area contributed by atoms with Crippen LogP contribution in [0.25, 0.3) is 11.0 Å². The molecule has 0 spiro atoms. The van der Waals surface area contributed by atoms with Crippen molar-refractivity contribution in [3.63, 3.8) is 0 Å². The number of aromatic hydroxyl groups is 1. The molecule has 0 saturated heterocycles. The van der Waals surface area contributed by atoms with Crippen molar-refractivity contribution in [3.8, 4) is 5.75 Å². The number of carbonyl (C=O) groups excluding carboxylic acids is 1. The standard InChI is InChI=1S/C21H24O5/c1-2-13-7-17-16(9-21(24)26-19(17)10-18(13)22)11-25-20(23)8-15-6-12-3-4-14(15)5-12/h7,9-10,12,14-15,22H,2-6,8,11H2,1H3/t12-,14-,15+/m0/s1. The Bertz CT molecular complexity index is 897. The van der Waals surface area contributed by atoms with Gasteiger partial charge in [0.25, 0.3) is 0 Å². The van der Waals surface area contributed by atoms with Gasteiger partial charge in [0.2, 0.25) is 0 Å². The maximum atomic E-state index is 12.3. The van der Waals surface area contributed by atoms with E-state index in [-0.39, 0.29) is 18.3 Å². The van der Waals surface area contributed by atoms with Gasteiger partial charge in [-0.2, -0.15) is 0 Å². The van der Waals surface area contributed by atoms with Crippen LogP contribution in [-0.4, -0.2) is 11.1 Å². The molecular weight excluding hydrogens is 332 g/mol. The van der Waals surface area contributed by atoms with Gasteiger partial charge < -0.3 is 14.3 Å². The van der Waals surface area contributed by atoms with Crippen LogP contribution in [0.1, 0.15) is 50.2 Å². The van der Waals surface area contributed by atoms with Crippen LogP contribution in [0.5, 0.6) is 5.75 Å². The fraction of sp³-hybridized carbons (Fsp3) is 0.524. The third-order valence-electron chi connectivity index (χ3n) is 6.11. The highest BCUT2D eigenvalue weighted by Gasteiger charge is 2.40. The quantitative estimate of drug-likeness (QED) is 0.649. The van der Waals surface area contributed by atoms with Crippen molar-refractivity contribution in [2.24, 2.45) is 17.8 Å². The van der Waals surface area contributed by atoms with Crippen molar-refractivity contribution >= 4 is 16.9 Å². The average molecular weight is 356 g/mol. The first-order valence-corrected chi connectivity index (χ1v) is 9.47. The number of aryl methyl sites for hydroxylation is 1. The summed E-state index contributed by atoms with van der Waals surface area (Å²) in [6.45, 7) is 1.99.